The van der Waals surface area contributed by atoms with Crippen molar-refractivity contribution in [1.82, 2.24) is 4.90 Å². The number of rotatable bonds is 2. The maximum atomic E-state index is 12.2. The van der Waals surface area contributed by atoms with E-state index in [1.54, 1.807) is 30.3 Å². The van der Waals surface area contributed by atoms with E-state index in [1.165, 1.54) is 0 Å². The fourth-order valence-corrected chi connectivity index (χ4v) is 2.87. The molecule has 0 unspecified atom stereocenters. The summed E-state index contributed by atoms with van der Waals surface area (Å²) in [6.07, 6.45) is 3.59. The van der Waals surface area contributed by atoms with Gasteiger partial charge in [-0.2, -0.15) is 0 Å². The third-order valence-electron chi connectivity index (χ3n) is 3.94. The Labute approximate surface area is 111 Å². The first kappa shape index (κ1) is 12.0. The largest absolute Gasteiger partial charge is 0.478 e. The van der Waals surface area contributed by atoms with E-state index in [0.717, 1.165) is 25.9 Å². The molecule has 3 saturated heterocycles. The average Bonchev–Trinajstić information content (AvgIpc) is 2.43. The molecule has 3 fully saturated rings. The van der Waals surface area contributed by atoms with E-state index < -0.39 is 5.97 Å². The zero-order valence-electron chi connectivity index (χ0n) is 10.5. The minimum atomic E-state index is -0.962. The predicted molar refractivity (Wildman–Crippen MR) is 70.7 cm³/mol. The number of carboxylic acid groups (broad SMARTS) is 1. The number of allylic oxidation sites excluding steroid dienone is 1. The van der Waals surface area contributed by atoms with Gasteiger partial charge in [0, 0.05) is 19.0 Å². The summed E-state index contributed by atoms with van der Waals surface area (Å²) in [5, 5.41) is 9.17. The van der Waals surface area contributed by atoms with Gasteiger partial charge in [0.2, 0.25) is 0 Å². The molecule has 4 nitrogen and oxygen atoms in total. The molecule has 1 N–H and O–H groups in total. The lowest BCUT2D eigenvalue weighted by molar-refractivity contribution is -0.125. The summed E-state index contributed by atoms with van der Waals surface area (Å²) >= 11 is 0. The first-order valence-corrected chi connectivity index (χ1v) is 6.50. The number of benzene rings is 1. The summed E-state index contributed by atoms with van der Waals surface area (Å²) in [7, 11) is 0. The van der Waals surface area contributed by atoms with Crippen LogP contribution in [0.5, 0.6) is 0 Å². The number of piperidine rings is 3. The van der Waals surface area contributed by atoms with Crippen molar-refractivity contribution < 1.29 is 14.7 Å². The van der Waals surface area contributed by atoms with Gasteiger partial charge in [0.15, 0.2) is 5.78 Å². The van der Waals surface area contributed by atoms with Gasteiger partial charge >= 0.3 is 5.97 Å². The van der Waals surface area contributed by atoms with Crippen molar-refractivity contribution in [2.75, 3.05) is 13.1 Å². The molecule has 0 saturated carbocycles. The number of ketones is 1. The SMILES string of the molecule is O=C(O)c1ccccc1/C=C1/C(=O)C2CCN1CC2. The minimum absolute atomic E-state index is 0.133. The second-order valence-corrected chi connectivity index (χ2v) is 5.05. The minimum Gasteiger partial charge on any atom is -0.478 e. The molecule has 0 aromatic heterocycles. The molecule has 3 aliphatic heterocycles. The monoisotopic (exact) mass is 257 g/mol. The molecule has 19 heavy (non-hydrogen) atoms. The quantitative estimate of drug-likeness (QED) is 0.823. The molecule has 0 radical (unpaired) electrons. The molecule has 0 spiro atoms. The smallest absolute Gasteiger partial charge is 0.336 e. The highest BCUT2D eigenvalue weighted by Crippen LogP contribution is 2.32. The molecule has 2 bridgehead atoms. The fourth-order valence-electron chi connectivity index (χ4n) is 2.87. The zero-order chi connectivity index (χ0) is 13.4. The summed E-state index contributed by atoms with van der Waals surface area (Å²) in [6, 6.07) is 6.79. The number of Topliss-reactive ketones (excluding diaryl/α,β-unsaturated/α-hetero) is 1. The number of hydrogen-bond donors (Lipinski definition) is 1. The highest BCUT2D eigenvalue weighted by molar-refractivity contribution is 6.03. The van der Waals surface area contributed by atoms with Crippen LogP contribution in [-0.2, 0) is 4.79 Å². The van der Waals surface area contributed by atoms with Crippen LogP contribution in [0.15, 0.2) is 30.0 Å². The van der Waals surface area contributed by atoms with Gasteiger partial charge in [-0.15, -0.1) is 0 Å². The number of aromatic carboxylic acids is 1. The average molecular weight is 257 g/mol. The van der Waals surface area contributed by atoms with Gasteiger partial charge in [-0.25, -0.2) is 4.79 Å². The van der Waals surface area contributed by atoms with Crippen molar-refractivity contribution in [3.63, 3.8) is 0 Å². The van der Waals surface area contributed by atoms with Gasteiger partial charge in [-0.3, -0.25) is 4.79 Å². The van der Waals surface area contributed by atoms with Crippen molar-refractivity contribution in [1.29, 1.82) is 0 Å². The van der Waals surface area contributed by atoms with Crippen LogP contribution in [0.1, 0.15) is 28.8 Å². The van der Waals surface area contributed by atoms with Crippen LogP contribution >= 0.6 is 0 Å². The molecule has 3 aliphatic rings. The van der Waals surface area contributed by atoms with Crippen molar-refractivity contribution in [3.05, 3.63) is 41.1 Å². The van der Waals surface area contributed by atoms with Gasteiger partial charge in [-0.05, 0) is 30.5 Å². The lowest BCUT2D eigenvalue weighted by Gasteiger charge is -2.41. The maximum absolute atomic E-state index is 12.2. The summed E-state index contributed by atoms with van der Waals surface area (Å²) in [5.41, 5.74) is 1.52. The van der Waals surface area contributed by atoms with E-state index in [0.29, 0.717) is 11.3 Å². The van der Waals surface area contributed by atoms with E-state index in [9.17, 15) is 9.59 Å². The lowest BCUT2D eigenvalue weighted by atomic mass is 9.84. The Bertz CT molecular complexity index is 569. The maximum Gasteiger partial charge on any atom is 0.336 e. The van der Waals surface area contributed by atoms with Gasteiger partial charge in [-0.1, -0.05) is 18.2 Å². The summed E-state index contributed by atoms with van der Waals surface area (Å²) in [6.45, 7) is 1.80. The van der Waals surface area contributed by atoms with Gasteiger partial charge in [0.1, 0.15) is 0 Å². The van der Waals surface area contributed by atoms with Crippen molar-refractivity contribution >= 4 is 17.8 Å². The van der Waals surface area contributed by atoms with Crippen LogP contribution in [0.25, 0.3) is 6.08 Å². The molecule has 0 amide bonds. The van der Waals surface area contributed by atoms with E-state index in [1.807, 2.05) is 0 Å². The number of carbonyl (C=O) groups is 2. The molecule has 4 rings (SSSR count). The van der Waals surface area contributed by atoms with Crippen LogP contribution < -0.4 is 0 Å². The fraction of sp³-hybridized carbons (Fsp3) is 0.333. The van der Waals surface area contributed by atoms with Crippen LogP contribution in [0.4, 0.5) is 0 Å². The van der Waals surface area contributed by atoms with Crippen LogP contribution in [0.2, 0.25) is 0 Å². The first-order valence-electron chi connectivity index (χ1n) is 6.50. The van der Waals surface area contributed by atoms with Gasteiger partial charge < -0.3 is 10.0 Å². The van der Waals surface area contributed by atoms with Crippen LogP contribution in [0.3, 0.4) is 0 Å². The topological polar surface area (TPSA) is 57.6 Å². The highest BCUT2D eigenvalue weighted by atomic mass is 16.4. The second kappa shape index (κ2) is 4.53. The number of carbonyl (C=O) groups excluding carboxylic acids is 1. The molecular weight excluding hydrogens is 242 g/mol. The Hall–Kier alpha value is -2.10. The molecule has 0 atom stereocenters. The second-order valence-electron chi connectivity index (χ2n) is 5.05. The van der Waals surface area contributed by atoms with E-state index in [-0.39, 0.29) is 17.3 Å². The van der Waals surface area contributed by atoms with Crippen molar-refractivity contribution in [2.24, 2.45) is 5.92 Å². The molecule has 4 heteroatoms. The number of fused-ring (bicyclic) bond motifs is 3. The normalized spacial score (nSPS) is 21.2. The first-order chi connectivity index (χ1) is 9.16. The summed E-state index contributed by atoms with van der Waals surface area (Å²) < 4.78 is 0. The molecule has 1 aromatic rings. The van der Waals surface area contributed by atoms with Crippen LogP contribution in [-0.4, -0.2) is 34.8 Å². The Morgan fingerprint density at radius 3 is 2.58 bits per heavy atom. The third kappa shape index (κ3) is 2.03. The summed E-state index contributed by atoms with van der Waals surface area (Å²) in [4.78, 5) is 25.5. The predicted octanol–water partition coefficient (Wildman–Crippen LogP) is 2.02. The third-order valence-corrected chi connectivity index (χ3v) is 3.94. The zero-order valence-corrected chi connectivity index (χ0v) is 10.5. The molecule has 98 valence electrons. The van der Waals surface area contributed by atoms with Crippen molar-refractivity contribution in [2.45, 2.75) is 12.8 Å². The molecule has 0 aliphatic carbocycles. The van der Waals surface area contributed by atoms with E-state index in [4.69, 9.17) is 5.11 Å². The highest BCUT2D eigenvalue weighted by Gasteiger charge is 2.36. The summed E-state index contributed by atoms with van der Waals surface area (Å²) in [5.74, 6) is -0.665. The van der Waals surface area contributed by atoms with Gasteiger partial charge in [0.05, 0.1) is 11.3 Å². The standard InChI is InChI=1S/C15H15NO3/c17-14-10-5-7-16(8-6-10)13(14)9-11-3-1-2-4-12(11)15(18)19/h1-4,9-10H,5-8H2,(H,18,19)/b13-9-. The number of nitrogens with zero attached hydrogens (tertiary/aromatic N) is 1. The molecule has 1 aromatic carbocycles. The molecule has 3 heterocycles. The van der Waals surface area contributed by atoms with Crippen LogP contribution in [0, 0.1) is 5.92 Å². The Morgan fingerprint density at radius 2 is 1.95 bits per heavy atom. The molecular formula is C15H15NO3. The Kier molecular flexibility index (Phi) is 2.85. The van der Waals surface area contributed by atoms with Crippen molar-refractivity contribution in [3.8, 4) is 0 Å². The Balaban J connectivity index is 2.02. The lowest BCUT2D eigenvalue weighted by Crippen LogP contribution is -2.45. The van der Waals surface area contributed by atoms with E-state index in [2.05, 4.69) is 4.90 Å². The van der Waals surface area contributed by atoms with Gasteiger partial charge in [0.25, 0.3) is 0 Å². The number of carboxylic acids is 1. The Morgan fingerprint density at radius 1 is 1.26 bits per heavy atom. The van der Waals surface area contributed by atoms with E-state index >= 15 is 0 Å². The number of hydrogen-bond acceptors (Lipinski definition) is 3.